The van der Waals surface area contributed by atoms with Crippen LogP contribution in [0.1, 0.15) is 19.4 Å². The highest BCUT2D eigenvalue weighted by atomic mass is 35.5. The maximum Gasteiger partial charge on any atom is 0.234 e. The topological polar surface area (TPSA) is 59.8 Å². The highest BCUT2D eigenvalue weighted by Crippen LogP contribution is 2.26. The molecule has 0 unspecified atom stereocenters. The molecule has 0 aliphatic heterocycles. The second-order valence-electron chi connectivity index (χ2n) is 6.97. The van der Waals surface area contributed by atoms with Crippen molar-refractivity contribution in [2.75, 3.05) is 11.1 Å². The fourth-order valence-electron chi connectivity index (χ4n) is 2.77. The molecule has 1 heterocycles. The van der Waals surface area contributed by atoms with Gasteiger partial charge in [0.15, 0.2) is 11.0 Å². The number of benzene rings is 2. The van der Waals surface area contributed by atoms with E-state index in [2.05, 4.69) is 33.9 Å². The Morgan fingerprint density at radius 2 is 1.93 bits per heavy atom. The van der Waals surface area contributed by atoms with E-state index in [-0.39, 0.29) is 11.7 Å². The minimum atomic E-state index is -0.101. The molecule has 0 aliphatic rings. The first-order valence-electron chi connectivity index (χ1n) is 9.11. The lowest BCUT2D eigenvalue weighted by Crippen LogP contribution is -2.16. The lowest BCUT2D eigenvalue weighted by atomic mass is 10.2. The van der Waals surface area contributed by atoms with E-state index in [0.717, 1.165) is 34.3 Å². The molecule has 28 heavy (non-hydrogen) atoms. The van der Waals surface area contributed by atoms with E-state index in [1.165, 1.54) is 11.8 Å². The first-order valence-corrected chi connectivity index (χ1v) is 10.5. The van der Waals surface area contributed by atoms with Crippen LogP contribution >= 0.6 is 23.4 Å². The Hall–Kier alpha value is -2.31. The van der Waals surface area contributed by atoms with E-state index in [0.29, 0.717) is 10.9 Å². The van der Waals surface area contributed by atoms with Crippen LogP contribution in [0.5, 0.6) is 0 Å². The third-order valence-electron chi connectivity index (χ3n) is 4.10. The van der Waals surface area contributed by atoms with Crippen LogP contribution in [-0.2, 0) is 11.3 Å². The molecule has 0 saturated carbocycles. The maximum absolute atomic E-state index is 12.4. The summed E-state index contributed by atoms with van der Waals surface area (Å²) in [6.45, 7) is 7.02. The van der Waals surface area contributed by atoms with Gasteiger partial charge in [0.05, 0.1) is 5.75 Å². The summed E-state index contributed by atoms with van der Waals surface area (Å²) in [5.74, 6) is 1.40. The van der Waals surface area contributed by atoms with Gasteiger partial charge in [-0.2, -0.15) is 0 Å². The van der Waals surface area contributed by atoms with Crippen LogP contribution in [0.3, 0.4) is 0 Å². The van der Waals surface area contributed by atoms with Gasteiger partial charge < -0.3 is 9.88 Å². The number of rotatable bonds is 7. The van der Waals surface area contributed by atoms with Crippen molar-refractivity contribution in [2.45, 2.75) is 32.5 Å². The highest BCUT2D eigenvalue weighted by molar-refractivity contribution is 7.99. The first kappa shape index (κ1) is 20.4. The van der Waals surface area contributed by atoms with E-state index >= 15 is 0 Å². The molecule has 7 heteroatoms. The van der Waals surface area contributed by atoms with Gasteiger partial charge in [-0.05, 0) is 30.5 Å². The number of nitrogens with zero attached hydrogens (tertiary/aromatic N) is 3. The lowest BCUT2D eigenvalue weighted by molar-refractivity contribution is -0.113. The molecule has 0 aliphatic carbocycles. The summed E-state index contributed by atoms with van der Waals surface area (Å²) in [7, 11) is 0. The molecule has 0 bridgehead atoms. The molecular formula is C21H23ClN4OS. The molecular weight excluding hydrogens is 392 g/mol. The summed E-state index contributed by atoms with van der Waals surface area (Å²) in [6, 6.07) is 15.4. The van der Waals surface area contributed by atoms with E-state index in [1.54, 1.807) is 12.1 Å². The van der Waals surface area contributed by atoms with Gasteiger partial charge in [-0.15, -0.1) is 10.2 Å². The second kappa shape index (κ2) is 9.26. The summed E-state index contributed by atoms with van der Waals surface area (Å²) in [6.07, 6.45) is 0. The summed E-state index contributed by atoms with van der Waals surface area (Å²) >= 11 is 7.41. The largest absolute Gasteiger partial charge is 0.325 e. The van der Waals surface area contributed by atoms with Gasteiger partial charge in [-0.25, -0.2) is 0 Å². The Morgan fingerprint density at radius 1 is 1.18 bits per heavy atom. The Bertz CT molecular complexity index is 956. The van der Waals surface area contributed by atoms with Gasteiger partial charge in [0.25, 0.3) is 0 Å². The number of carbonyl (C=O) groups excluding carboxylic acids is 1. The third kappa shape index (κ3) is 5.14. The average molecular weight is 415 g/mol. The van der Waals surface area contributed by atoms with Gasteiger partial charge in [-0.1, -0.05) is 73.6 Å². The summed E-state index contributed by atoms with van der Waals surface area (Å²) in [4.78, 5) is 12.4. The number of aromatic nitrogens is 3. The smallest absolute Gasteiger partial charge is 0.234 e. The minimum absolute atomic E-state index is 0.101. The normalized spacial score (nSPS) is 11.0. The van der Waals surface area contributed by atoms with Gasteiger partial charge >= 0.3 is 0 Å². The molecule has 0 spiro atoms. The molecule has 1 amide bonds. The Kier molecular flexibility index (Phi) is 6.75. The monoisotopic (exact) mass is 414 g/mol. The molecule has 0 fully saturated rings. The first-order chi connectivity index (χ1) is 13.4. The number of nitrogens with one attached hydrogen (secondary N) is 1. The van der Waals surface area contributed by atoms with Crippen LogP contribution in [0, 0.1) is 12.8 Å². The van der Waals surface area contributed by atoms with Crippen molar-refractivity contribution >= 4 is 35.0 Å². The van der Waals surface area contributed by atoms with Crippen molar-refractivity contribution in [3.8, 4) is 11.4 Å². The molecule has 0 saturated heterocycles. The number of anilines is 1. The SMILES string of the molecule is Cc1ccc(Cl)cc1NC(=O)CSc1nnc(-c2ccccc2)n1CC(C)C. The van der Waals surface area contributed by atoms with Crippen molar-refractivity contribution in [1.29, 1.82) is 0 Å². The molecule has 0 atom stereocenters. The molecule has 5 nitrogen and oxygen atoms in total. The predicted molar refractivity (Wildman–Crippen MR) is 116 cm³/mol. The number of thioether (sulfide) groups is 1. The van der Waals surface area contributed by atoms with Crippen molar-refractivity contribution in [3.63, 3.8) is 0 Å². The lowest BCUT2D eigenvalue weighted by Gasteiger charge is -2.13. The van der Waals surface area contributed by atoms with Gasteiger partial charge in [0.2, 0.25) is 5.91 Å². The molecule has 2 aromatic carbocycles. The number of hydrogen-bond donors (Lipinski definition) is 1. The Balaban J connectivity index is 1.74. The zero-order chi connectivity index (χ0) is 20.1. The molecule has 3 rings (SSSR count). The van der Waals surface area contributed by atoms with Crippen LogP contribution < -0.4 is 5.32 Å². The van der Waals surface area contributed by atoms with Gasteiger partial charge in [0, 0.05) is 22.8 Å². The Morgan fingerprint density at radius 3 is 2.64 bits per heavy atom. The third-order valence-corrected chi connectivity index (χ3v) is 5.30. The molecule has 1 N–H and O–H groups in total. The number of aryl methyl sites for hydroxylation is 1. The van der Waals surface area contributed by atoms with Crippen LogP contribution in [0.25, 0.3) is 11.4 Å². The summed E-state index contributed by atoms with van der Waals surface area (Å²) in [5.41, 5.74) is 2.71. The van der Waals surface area contributed by atoms with Crippen LogP contribution in [0.15, 0.2) is 53.7 Å². The van der Waals surface area contributed by atoms with E-state index in [9.17, 15) is 4.79 Å². The van der Waals surface area contributed by atoms with Crippen LogP contribution in [0.2, 0.25) is 5.02 Å². The fourth-order valence-corrected chi connectivity index (χ4v) is 3.69. The van der Waals surface area contributed by atoms with E-state index in [4.69, 9.17) is 11.6 Å². The quantitative estimate of drug-likeness (QED) is 0.533. The van der Waals surface area contributed by atoms with Crippen LogP contribution in [0.4, 0.5) is 5.69 Å². The molecule has 146 valence electrons. The van der Waals surface area contributed by atoms with Gasteiger partial charge in [0.1, 0.15) is 0 Å². The zero-order valence-electron chi connectivity index (χ0n) is 16.1. The van der Waals surface area contributed by atoms with Crippen molar-refractivity contribution in [3.05, 3.63) is 59.1 Å². The van der Waals surface area contributed by atoms with Crippen LogP contribution in [-0.4, -0.2) is 26.4 Å². The second-order valence-corrected chi connectivity index (χ2v) is 8.35. The molecule has 1 aromatic heterocycles. The summed E-state index contributed by atoms with van der Waals surface area (Å²) < 4.78 is 2.09. The highest BCUT2D eigenvalue weighted by Gasteiger charge is 2.16. The number of hydrogen-bond acceptors (Lipinski definition) is 4. The summed E-state index contributed by atoms with van der Waals surface area (Å²) in [5, 5.41) is 13.0. The fraction of sp³-hybridized carbons (Fsp3) is 0.286. The number of amides is 1. The van der Waals surface area contributed by atoms with Gasteiger partial charge in [-0.3, -0.25) is 4.79 Å². The standard InChI is InChI=1S/C21H23ClN4OS/c1-14(2)12-26-20(16-7-5-4-6-8-16)24-25-21(26)28-13-19(27)23-18-11-17(22)10-9-15(18)3/h4-11,14H,12-13H2,1-3H3,(H,23,27). The molecule has 0 radical (unpaired) electrons. The average Bonchev–Trinajstić information content (AvgIpc) is 3.05. The van der Waals surface area contributed by atoms with Crippen molar-refractivity contribution in [1.82, 2.24) is 14.8 Å². The Labute approximate surface area is 174 Å². The predicted octanol–water partition coefficient (Wildman–Crippen LogP) is 5.29. The zero-order valence-corrected chi connectivity index (χ0v) is 17.7. The minimum Gasteiger partial charge on any atom is -0.325 e. The van der Waals surface area contributed by atoms with E-state index < -0.39 is 0 Å². The van der Waals surface area contributed by atoms with Crippen molar-refractivity contribution < 1.29 is 4.79 Å². The number of carbonyl (C=O) groups is 1. The molecule has 3 aromatic rings. The maximum atomic E-state index is 12.4. The number of halogens is 1. The van der Waals surface area contributed by atoms with Crippen molar-refractivity contribution in [2.24, 2.45) is 5.92 Å². The van der Waals surface area contributed by atoms with E-state index in [1.807, 2.05) is 43.3 Å².